The first-order valence-electron chi connectivity index (χ1n) is 6.98. The summed E-state index contributed by atoms with van der Waals surface area (Å²) in [4.78, 5) is 0. The van der Waals surface area contributed by atoms with Gasteiger partial charge in [0.2, 0.25) is 0 Å². The van der Waals surface area contributed by atoms with Crippen LogP contribution in [-0.2, 0) is 6.54 Å². The molecule has 0 radical (unpaired) electrons. The maximum atomic E-state index is 6.09. The van der Waals surface area contributed by atoms with Crippen molar-refractivity contribution in [3.63, 3.8) is 0 Å². The highest BCUT2D eigenvalue weighted by atomic mass is 16.5. The summed E-state index contributed by atoms with van der Waals surface area (Å²) in [5.41, 5.74) is 8.61. The Bertz CT molecular complexity index is 560. The van der Waals surface area contributed by atoms with E-state index in [4.69, 9.17) is 10.5 Å². The van der Waals surface area contributed by atoms with Crippen LogP contribution in [0.5, 0.6) is 5.75 Å². The van der Waals surface area contributed by atoms with Gasteiger partial charge in [-0.05, 0) is 44.5 Å². The molecule has 5 nitrogen and oxygen atoms in total. The summed E-state index contributed by atoms with van der Waals surface area (Å²) in [6.45, 7) is 7.53. The van der Waals surface area contributed by atoms with Gasteiger partial charge in [-0.15, -0.1) is 0 Å². The van der Waals surface area contributed by atoms with Gasteiger partial charge in [-0.25, -0.2) is 4.68 Å². The molecule has 20 heavy (non-hydrogen) atoms. The number of aromatic nitrogens is 2. The van der Waals surface area contributed by atoms with Gasteiger partial charge in [0.1, 0.15) is 5.75 Å². The lowest BCUT2D eigenvalue weighted by Crippen LogP contribution is -2.05. The van der Waals surface area contributed by atoms with E-state index < -0.39 is 0 Å². The summed E-state index contributed by atoms with van der Waals surface area (Å²) in [6.07, 6.45) is 1.01. The molecule has 2 rings (SSSR count). The molecule has 0 aliphatic rings. The normalized spacial score (nSPS) is 10.6. The highest BCUT2D eigenvalue weighted by Crippen LogP contribution is 2.27. The molecule has 1 aromatic heterocycles. The Labute approximate surface area is 119 Å². The summed E-state index contributed by atoms with van der Waals surface area (Å²) in [5.74, 6) is 1.72. The minimum absolute atomic E-state index is 0.669. The molecule has 108 valence electrons. The Morgan fingerprint density at radius 1 is 1.25 bits per heavy atom. The molecule has 0 amide bonds. The van der Waals surface area contributed by atoms with E-state index in [0.717, 1.165) is 35.9 Å². The van der Waals surface area contributed by atoms with Crippen LogP contribution in [0.25, 0.3) is 0 Å². The van der Waals surface area contributed by atoms with Crippen LogP contribution in [0.3, 0.4) is 0 Å². The zero-order valence-electron chi connectivity index (χ0n) is 12.3. The fourth-order valence-electron chi connectivity index (χ4n) is 2.04. The summed E-state index contributed by atoms with van der Waals surface area (Å²) in [5, 5.41) is 7.78. The number of aryl methyl sites for hydroxylation is 2. The van der Waals surface area contributed by atoms with E-state index in [1.807, 2.05) is 42.8 Å². The van der Waals surface area contributed by atoms with E-state index in [1.165, 1.54) is 0 Å². The van der Waals surface area contributed by atoms with Crippen molar-refractivity contribution in [2.45, 2.75) is 33.7 Å². The molecular weight excluding hydrogens is 252 g/mol. The Morgan fingerprint density at radius 2 is 1.95 bits per heavy atom. The van der Waals surface area contributed by atoms with E-state index in [0.29, 0.717) is 12.3 Å². The molecule has 0 saturated heterocycles. The minimum Gasteiger partial charge on any atom is -0.494 e. The van der Waals surface area contributed by atoms with Gasteiger partial charge in [0.25, 0.3) is 0 Å². The van der Waals surface area contributed by atoms with Crippen LogP contribution in [-0.4, -0.2) is 16.4 Å². The second-order valence-electron chi connectivity index (χ2n) is 4.65. The summed E-state index contributed by atoms with van der Waals surface area (Å²) in [6, 6.07) is 7.83. The van der Waals surface area contributed by atoms with E-state index in [1.54, 1.807) is 0 Å². The van der Waals surface area contributed by atoms with E-state index in [-0.39, 0.29) is 0 Å². The van der Waals surface area contributed by atoms with Crippen molar-refractivity contribution in [2.24, 2.45) is 0 Å². The zero-order chi connectivity index (χ0) is 14.5. The van der Waals surface area contributed by atoms with Gasteiger partial charge in [-0.1, -0.05) is 6.92 Å². The molecular formula is C15H22N4O. The highest BCUT2D eigenvalue weighted by Gasteiger charge is 2.12. The third-order valence-corrected chi connectivity index (χ3v) is 3.04. The van der Waals surface area contributed by atoms with Crippen molar-refractivity contribution in [1.82, 2.24) is 9.78 Å². The lowest BCUT2D eigenvalue weighted by Gasteiger charge is -2.11. The monoisotopic (exact) mass is 274 g/mol. The summed E-state index contributed by atoms with van der Waals surface area (Å²) >= 11 is 0. The number of hydrogen-bond donors (Lipinski definition) is 2. The van der Waals surface area contributed by atoms with Crippen LogP contribution in [0, 0.1) is 6.92 Å². The second-order valence-corrected chi connectivity index (χ2v) is 4.65. The molecule has 1 heterocycles. The standard InChI is InChI=1S/C15H22N4O/c1-4-10-19-15(14(16)11(3)18-19)17-12-6-8-13(9-7-12)20-5-2/h6-9,17H,4-5,10,16H2,1-3H3. The van der Waals surface area contributed by atoms with Crippen LogP contribution in [0.15, 0.2) is 24.3 Å². The average Bonchev–Trinajstić information content (AvgIpc) is 2.70. The fraction of sp³-hybridized carbons (Fsp3) is 0.400. The first-order valence-corrected chi connectivity index (χ1v) is 6.98. The summed E-state index contributed by atoms with van der Waals surface area (Å²) < 4.78 is 7.35. The molecule has 0 aliphatic carbocycles. The Morgan fingerprint density at radius 3 is 2.55 bits per heavy atom. The molecule has 1 aromatic carbocycles. The SMILES string of the molecule is CCCn1nc(C)c(N)c1Nc1ccc(OCC)cc1. The van der Waals surface area contributed by atoms with Crippen molar-refractivity contribution in [3.05, 3.63) is 30.0 Å². The smallest absolute Gasteiger partial charge is 0.152 e. The average molecular weight is 274 g/mol. The molecule has 0 spiro atoms. The van der Waals surface area contributed by atoms with Crippen molar-refractivity contribution in [2.75, 3.05) is 17.7 Å². The predicted octanol–water partition coefficient (Wildman–Crippen LogP) is 3.33. The topological polar surface area (TPSA) is 65.1 Å². The lowest BCUT2D eigenvalue weighted by molar-refractivity contribution is 0.340. The fourth-order valence-corrected chi connectivity index (χ4v) is 2.04. The second kappa shape index (κ2) is 6.32. The number of nitrogens with two attached hydrogens (primary N) is 1. The Balaban J connectivity index is 2.20. The van der Waals surface area contributed by atoms with Crippen molar-refractivity contribution < 1.29 is 4.74 Å². The van der Waals surface area contributed by atoms with Gasteiger partial charge in [0, 0.05) is 12.2 Å². The third kappa shape index (κ3) is 3.04. The van der Waals surface area contributed by atoms with Gasteiger partial charge in [-0.2, -0.15) is 5.10 Å². The Kier molecular flexibility index (Phi) is 4.50. The number of ether oxygens (including phenoxy) is 1. The molecule has 0 fully saturated rings. The van der Waals surface area contributed by atoms with Crippen LogP contribution < -0.4 is 15.8 Å². The number of rotatable bonds is 6. The van der Waals surface area contributed by atoms with Crippen molar-refractivity contribution in [3.8, 4) is 5.75 Å². The minimum atomic E-state index is 0.669. The molecule has 5 heteroatoms. The van der Waals surface area contributed by atoms with Crippen molar-refractivity contribution in [1.29, 1.82) is 0 Å². The van der Waals surface area contributed by atoms with E-state index in [9.17, 15) is 0 Å². The van der Waals surface area contributed by atoms with Crippen LogP contribution in [0.4, 0.5) is 17.2 Å². The number of hydrogen-bond acceptors (Lipinski definition) is 4. The van der Waals surface area contributed by atoms with E-state index in [2.05, 4.69) is 17.3 Å². The van der Waals surface area contributed by atoms with Crippen LogP contribution in [0.2, 0.25) is 0 Å². The maximum absolute atomic E-state index is 6.09. The number of anilines is 3. The van der Waals surface area contributed by atoms with Crippen LogP contribution >= 0.6 is 0 Å². The predicted molar refractivity (Wildman–Crippen MR) is 82.6 cm³/mol. The highest BCUT2D eigenvalue weighted by molar-refractivity contribution is 5.71. The third-order valence-electron chi connectivity index (χ3n) is 3.04. The molecule has 0 bridgehead atoms. The number of nitrogens with zero attached hydrogens (tertiary/aromatic N) is 2. The molecule has 0 unspecified atom stereocenters. The zero-order valence-corrected chi connectivity index (χ0v) is 12.3. The molecule has 3 N–H and O–H groups in total. The maximum Gasteiger partial charge on any atom is 0.152 e. The summed E-state index contributed by atoms with van der Waals surface area (Å²) in [7, 11) is 0. The van der Waals surface area contributed by atoms with Gasteiger partial charge in [0.15, 0.2) is 5.82 Å². The van der Waals surface area contributed by atoms with Gasteiger partial charge in [0.05, 0.1) is 18.0 Å². The molecule has 0 aliphatic heterocycles. The first-order chi connectivity index (χ1) is 9.65. The number of nitrogens with one attached hydrogen (secondary N) is 1. The molecule has 2 aromatic rings. The number of nitrogen functional groups attached to an aromatic ring is 1. The lowest BCUT2D eigenvalue weighted by atomic mass is 10.3. The van der Waals surface area contributed by atoms with Crippen molar-refractivity contribution >= 4 is 17.2 Å². The molecule has 0 atom stereocenters. The quantitative estimate of drug-likeness (QED) is 0.848. The van der Waals surface area contributed by atoms with E-state index >= 15 is 0 Å². The Hall–Kier alpha value is -2.17. The van der Waals surface area contributed by atoms with Gasteiger partial charge >= 0.3 is 0 Å². The molecule has 0 saturated carbocycles. The number of benzene rings is 1. The van der Waals surface area contributed by atoms with Crippen LogP contribution in [0.1, 0.15) is 26.0 Å². The van der Waals surface area contributed by atoms with Gasteiger partial charge < -0.3 is 15.8 Å². The largest absolute Gasteiger partial charge is 0.494 e. The van der Waals surface area contributed by atoms with Gasteiger partial charge in [-0.3, -0.25) is 0 Å². The first kappa shape index (κ1) is 14.2.